The normalized spacial score (nSPS) is 11.9. The molecule has 0 spiro atoms. The Morgan fingerprint density at radius 3 is 2.52 bits per heavy atom. The SMILES string of the molecule is COC(=O)Cn1c(C(C)NC(=O)c2ccccc2)nc2ccccc21. The number of amides is 1. The van der Waals surface area contributed by atoms with E-state index in [1.165, 1.54) is 7.11 Å². The van der Waals surface area contributed by atoms with Gasteiger partial charge in [0.15, 0.2) is 0 Å². The average Bonchev–Trinajstić information content (AvgIpc) is 3.01. The van der Waals surface area contributed by atoms with E-state index in [-0.39, 0.29) is 24.5 Å². The second kappa shape index (κ2) is 7.17. The summed E-state index contributed by atoms with van der Waals surface area (Å²) in [4.78, 5) is 28.8. The van der Waals surface area contributed by atoms with Gasteiger partial charge < -0.3 is 14.6 Å². The first-order valence-corrected chi connectivity index (χ1v) is 7.98. The number of para-hydroxylation sites is 2. The summed E-state index contributed by atoms with van der Waals surface area (Å²) < 4.78 is 6.56. The summed E-state index contributed by atoms with van der Waals surface area (Å²) in [7, 11) is 1.35. The molecular weight excluding hydrogens is 318 g/mol. The number of benzene rings is 2. The number of hydrogen-bond acceptors (Lipinski definition) is 4. The Kier molecular flexibility index (Phi) is 4.79. The summed E-state index contributed by atoms with van der Waals surface area (Å²) >= 11 is 0. The van der Waals surface area contributed by atoms with Gasteiger partial charge in [0, 0.05) is 5.56 Å². The van der Waals surface area contributed by atoms with Crippen molar-refractivity contribution in [3.8, 4) is 0 Å². The van der Waals surface area contributed by atoms with Gasteiger partial charge in [0.1, 0.15) is 12.4 Å². The van der Waals surface area contributed by atoms with Crippen LogP contribution in [0.5, 0.6) is 0 Å². The smallest absolute Gasteiger partial charge is 0.325 e. The quantitative estimate of drug-likeness (QED) is 0.727. The van der Waals surface area contributed by atoms with Gasteiger partial charge in [-0.05, 0) is 31.2 Å². The first-order valence-electron chi connectivity index (χ1n) is 7.98. The van der Waals surface area contributed by atoms with Crippen LogP contribution in [0.3, 0.4) is 0 Å². The number of aromatic nitrogens is 2. The molecule has 3 rings (SSSR count). The number of carbonyl (C=O) groups is 2. The predicted molar refractivity (Wildman–Crippen MR) is 94.1 cm³/mol. The van der Waals surface area contributed by atoms with E-state index >= 15 is 0 Å². The first-order chi connectivity index (χ1) is 12.1. The zero-order chi connectivity index (χ0) is 17.8. The molecule has 1 N–H and O–H groups in total. The van der Waals surface area contributed by atoms with Gasteiger partial charge in [-0.1, -0.05) is 30.3 Å². The summed E-state index contributed by atoms with van der Waals surface area (Å²) in [6.45, 7) is 1.88. The maximum atomic E-state index is 12.4. The highest BCUT2D eigenvalue weighted by molar-refractivity contribution is 5.94. The average molecular weight is 337 g/mol. The molecule has 0 aliphatic rings. The van der Waals surface area contributed by atoms with Crippen LogP contribution >= 0.6 is 0 Å². The van der Waals surface area contributed by atoms with Crippen LogP contribution in [0.25, 0.3) is 11.0 Å². The summed E-state index contributed by atoms with van der Waals surface area (Å²) in [5.41, 5.74) is 2.16. The highest BCUT2D eigenvalue weighted by Gasteiger charge is 2.20. The van der Waals surface area contributed by atoms with Crippen LogP contribution in [-0.2, 0) is 16.1 Å². The van der Waals surface area contributed by atoms with Gasteiger partial charge in [-0.25, -0.2) is 4.98 Å². The number of rotatable bonds is 5. The van der Waals surface area contributed by atoms with Crippen molar-refractivity contribution in [3.63, 3.8) is 0 Å². The molecule has 0 saturated carbocycles. The monoisotopic (exact) mass is 337 g/mol. The molecule has 6 heteroatoms. The number of nitrogens with zero attached hydrogens (tertiary/aromatic N) is 2. The van der Waals surface area contributed by atoms with Crippen molar-refractivity contribution >= 4 is 22.9 Å². The molecule has 0 aliphatic carbocycles. The highest BCUT2D eigenvalue weighted by Crippen LogP contribution is 2.21. The standard InChI is InChI=1S/C19H19N3O3/c1-13(20-19(24)14-8-4-3-5-9-14)18-21-15-10-6-7-11-16(15)22(18)12-17(23)25-2/h3-11,13H,12H2,1-2H3,(H,20,24). The molecule has 0 radical (unpaired) electrons. The lowest BCUT2D eigenvalue weighted by Crippen LogP contribution is -2.29. The van der Waals surface area contributed by atoms with Crippen molar-refractivity contribution in [3.05, 3.63) is 66.0 Å². The molecule has 6 nitrogen and oxygen atoms in total. The maximum absolute atomic E-state index is 12.4. The van der Waals surface area contributed by atoms with E-state index in [0.717, 1.165) is 11.0 Å². The van der Waals surface area contributed by atoms with Gasteiger partial charge in [-0.3, -0.25) is 9.59 Å². The van der Waals surface area contributed by atoms with Crippen LogP contribution in [0.4, 0.5) is 0 Å². The van der Waals surface area contributed by atoms with Crippen LogP contribution in [0.2, 0.25) is 0 Å². The molecule has 3 aromatic rings. The minimum atomic E-state index is -0.371. The molecule has 0 fully saturated rings. The van der Waals surface area contributed by atoms with Crippen molar-refractivity contribution in [2.75, 3.05) is 7.11 Å². The third-order valence-electron chi connectivity index (χ3n) is 3.97. The lowest BCUT2D eigenvalue weighted by atomic mass is 10.2. The molecule has 1 heterocycles. The molecule has 1 aromatic heterocycles. The number of nitrogens with one attached hydrogen (secondary N) is 1. The molecule has 1 amide bonds. The van der Waals surface area contributed by atoms with Crippen LogP contribution in [0, 0.1) is 0 Å². The molecule has 1 unspecified atom stereocenters. The lowest BCUT2D eigenvalue weighted by Gasteiger charge is -2.16. The van der Waals surface area contributed by atoms with Gasteiger partial charge in [0.25, 0.3) is 5.91 Å². The molecular formula is C19H19N3O3. The van der Waals surface area contributed by atoms with E-state index in [4.69, 9.17) is 4.74 Å². The van der Waals surface area contributed by atoms with Crippen molar-refractivity contribution < 1.29 is 14.3 Å². The summed E-state index contributed by atoms with van der Waals surface area (Å²) in [6.07, 6.45) is 0. The number of carbonyl (C=O) groups excluding carboxylic acids is 2. The Hall–Kier alpha value is -3.15. The number of imidazole rings is 1. The maximum Gasteiger partial charge on any atom is 0.325 e. The zero-order valence-corrected chi connectivity index (χ0v) is 14.1. The zero-order valence-electron chi connectivity index (χ0n) is 14.1. The third kappa shape index (κ3) is 3.52. The fourth-order valence-electron chi connectivity index (χ4n) is 2.72. The second-order valence-corrected chi connectivity index (χ2v) is 5.68. The number of methoxy groups -OCH3 is 1. The number of esters is 1. The largest absolute Gasteiger partial charge is 0.468 e. The van der Waals surface area contributed by atoms with E-state index < -0.39 is 0 Å². The number of ether oxygens (including phenoxy) is 1. The van der Waals surface area contributed by atoms with Crippen LogP contribution in [0.1, 0.15) is 29.1 Å². The molecule has 2 aromatic carbocycles. The minimum absolute atomic E-state index is 0.0396. The molecule has 0 aliphatic heterocycles. The Morgan fingerprint density at radius 2 is 1.80 bits per heavy atom. The first kappa shape index (κ1) is 16.7. The van der Waals surface area contributed by atoms with Gasteiger partial charge in [-0.15, -0.1) is 0 Å². The third-order valence-corrected chi connectivity index (χ3v) is 3.97. The van der Waals surface area contributed by atoms with Crippen molar-refractivity contribution in [1.82, 2.24) is 14.9 Å². The predicted octanol–water partition coefficient (Wildman–Crippen LogP) is 2.70. The van der Waals surface area contributed by atoms with Crippen molar-refractivity contribution in [2.24, 2.45) is 0 Å². The van der Waals surface area contributed by atoms with Gasteiger partial charge in [0.05, 0.1) is 24.2 Å². The van der Waals surface area contributed by atoms with E-state index in [0.29, 0.717) is 11.4 Å². The Labute approximate surface area is 145 Å². The van der Waals surface area contributed by atoms with Crippen LogP contribution in [-0.4, -0.2) is 28.5 Å². The van der Waals surface area contributed by atoms with E-state index in [9.17, 15) is 9.59 Å². The van der Waals surface area contributed by atoms with E-state index in [1.54, 1.807) is 16.7 Å². The Balaban J connectivity index is 1.92. The van der Waals surface area contributed by atoms with Crippen LogP contribution in [0.15, 0.2) is 54.6 Å². The fourth-order valence-corrected chi connectivity index (χ4v) is 2.72. The van der Waals surface area contributed by atoms with E-state index in [2.05, 4.69) is 10.3 Å². The molecule has 128 valence electrons. The lowest BCUT2D eigenvalue weighted by molar-refractivity contribution is -0.141. The number of fused-ring (bicyclic) bond motifs is 1. The van der Waals surface area contributed by atoms with Gasteiger partial charge in [0.2, 0.25) is 0 Å². The fraction of sp³-hybridized carbons (Fsp3) is 0.211. The van der Waals surface area contributed by atoms with E-state index in [1.807, 2.05) is 49.4 Å². The topological polar surface area (TPSA) is 73.2 Å². The second-order valence-electron chi connectivity index (χ2n) is 5.68. The summed E-state index contributed by atoms with van der Waals surface area (Å²) in [6, 6.07) is 16.1. The Bertz CT molecular complexity index is 903. The van der Waals surface area contributed by atoms with Crippen LogP contribution < -0.4 is 5.32 Å². The molecule has 25 heavy (non-hydrogen) atoms. The highest BCUT2D eigenvalue weighted by atomic mass is 16.5. The minimum Gasteiger partial charge on any atom is -0.468 e. The van der Waals surface area contributed by atoms with Gasteiger partial charge >= 0.3 is 5.97 Å². The Morgan fingerprint density at radius 1 is 1.12 bits per heavy atom. The van der Waals surface area contributed by atoms with Crippen molar-refractivity contribution in [1.29, 1.82) is 0 Å². The summed E-state index contributed by atoms with van der Waals surface area (Å²) in [5, 5.41) is 2.93. The molecule has 0 bridgehead atoms. The summed E-state index contributed by atoms with van der Waals surface area (Å²) in [5.74, 6) is 0.0478. The van der Waals surface area contributed by atoms with Gasteiger partial charge in [-0.2, -0.15) is 0 Å². The molecule has 1 atom stereocenters. The molecule has 0 saturated heterocycles. The number of hydrogen-bond donors (Lipinski definition) is 1. The van der Waals surface area contributed by atoms with Crippen molar-refractivity contribution in [2.45, 2.75) is 19.5 Å².